The quantitative estimate of drug-likeness (QED) is 0.171. The third kappa shape index (κ3) is 5.31. The van der Waals surface area contributed by atoms with Crippen molar-refractivity contribution in [3.63, 3.8) is 0 Å². The molecule has 0 amide bonds. The van der Waals surface area contributed by atoms with Gasteiger partial charge >= 0.3 is 0 Å². The Morgan fingerprint density at radius 1 is 0.473 bits per heavy atom. The molecule has 11 rings (SSSR count). The Morgan fingerprint density at radius 2 is 1.11 bits per heavy atom. The van der Waals surface area contributed by atoms with E-state index in [0.717, 1.165) is 83.6 Å². The van der Waals surface area contributed by atoms with Crippen molar-refractivity contribution < 1.29 is 0 Å². The maximum absolute atomic E-state index is 5.22. The highest BCUT2D eigenvalue weighted by Crippen LogP contribution is 2.39. The van der Waals surface area contributed by atoms with E-state index in [-0.39, 0.29) is 5.92 Å². The van der Waals surface area contributed by atoms with Gasteiger partial charge in [0.2, 0.25) is 0 Å². The highest BCUT2D eigenvalue weighted by Gasteiger charge is 2.19. The Bertz CT molecular complexity index is 3150. The summed E-state index contributed by atoms with van der Waals surface area (Å²) < 4.78 is 4.55. The van der Waals surface area contributed by atoms with Crippen molar-refractivity contribution in [2.45, 2.75) is 12.3 Å². The minimum absolute atomic E-state index is 0.270. The number of rotatable bonds is 6. The Labute approximate surface area is 321 Å². The number of nitrogens with zero attached hydrogens (tertiary/aromatic N) is 6. The molecule has 6 nitrogen and oxygen atoms in total. The molecule has 0 N–H and O–H groups in total. The van der Waals surface area contributed by atoms with E-state index < -0.39 is 0 Å². The van der Waals surface area contributed by atoms with Gasteiger partial charge in [0.15, 0.2) is 0 Å². The fraction of sp³-hybridized carbons (Fsp3) is 0.0417. The second-order valence-corrected chi connectivity index (χ2v) is 14.9. The molecular formula is C48H32N6S. The van der Waals surface area contributed by atoms with Crippen LogP contribution >= 0.6 is 11.3 Å². The Hall–Kier alpha value is -6.96. The zero-order valence-electron chi connectivity index (χ0n) is 29.6. The molecule has 1 aliphatic rings. The van der Waals surface area contributed by atoms with Crippen LogP contribution in [0.4, 0.5) is 0 Å². The van der Waals surface area contributed by atoms with Crippen LogP contribution in [0.3, 0.4) is 0 Å². The van der Waals surface area contributed by atoms with Crippen molar-refractivity contribution in [2.75, 3.05) is 0 Å². The van der Waals surface area contributed by atoms with Gasteiger partial charge in [-0.2, -0.15) is 0 Å². The van der Waals surface area contributed by atoms with Gasteiger partial charge in [-0.3, -0.25) is 9.13 Å². The first-order valence-corrected chi connectivity index (χ1v) is 19.3. The molecule has 0 spiro atoms. The monoisotopic (exact) mass is 724 g/mol. The lowest BCUT2D eigenvalue weighted by Crippen LogP contribution is -2.04. The molecule has 1 unspecified atom stereocenters. The van der Waals surface area contributed by atoms with Gasteiger partial charge < -0.3 is 0 Å². The Morgan fingerprint density at radius 3 is 1.89 bits per heavy atom. The molecule has 0 fully saturated rings. The van der Waals surface area contributed by atoms with Crippen LogP contribution in [-0.2, 0) is 0 Å². The average Bonchev–Trinajstić information content (AvgIpc) is 3.97. The van der Waals surface area contributed by atoms with Gasteiger partial charge in [0.1, 0.15) is 21.7 Å². The van der Waals surface area contributed by atoms with Gasteiger partial charge in [-0.1, -0.05) is 127 Å². The molecule has 0 saturated carbocycles. The molecule has 0 aliphatic heterocycles. The van der Waals surface area contributed by atoms with Crippen LogP contribution in [0, 0.1) is 0 Å². The van der Waals surface area contributed by atoms with Gasteiger partial charge in [0, 0.05) is 44.2 Å². The predicted octanol–water partition coefficient (Wildman–Crippen LogP) is 12.1. The van der Waals surface area contributed by atoms with Crippen molar-refractivity contribution in [3.8, 4) is 44.0 Å². The average molecular weight is 725 g/mol. The van der Waals surface area contributed by atoms with Gasteiger partial charge in [-0.25, -0.2) is 9.97 Å². The summed E-state index contributed by atoms with van der Waals surface area (Å²) in [7, 11) is 0. The smallest absolute Gasteiger partial charge is 0.148 e. The lowest BCUT2D eigenvalue weighted by atomic mass is 9.97. The summed E-state index contributed by atoms with van der Waals surface area (Å²) in [5.41, 5.74) is 9.61. The second kappa shape index (κ2) is 12.9. The van der Waals surface area contributed by atoms with E-state index in [1.807, 2.05) is 18.2 Å². The van der Waals surface area contributed by atoms with Crippen LogP contribution in [0.15, 0.2) is 176 Å². The molecular weight excluding hydrogens is 693 g/mol. The zero-order chi connectivity index (χ0) is 36.3. The maximum Gasteiger partial charge on any atom is 0.148 e. The molecule has 0 radical (unpaired) electrons. The fourth-order valence-electron chi connectivity index (χ4n) is 8.05. The minimum atomic E-state index is 0.270. The van der Waals surface area contributed by atoms with E-state index in [4.69, 9.17) is 20.2 Å². The van der Waals surface area contributed by atoms with E-state index in [1.54, 1.807) is 11.3 Å². The van der Waals surface area contributed by atoms with Gasteiger partial charge in [0.05, 0.1) is 33.5 Å². The molecule has 0 saturated heterocycles. The topological polar surface area (TPSA) is 61.4 Å². The van der Waals surface area contributed by atoms with E-state index in [2.05, 4.69) is 167 Å². The molecule has 7 heteroatoms. The zero-order valence-corrected chi connectivity index (χ0v) is 30.4. The minimum Gasteiger partial charge on any atom is -0.294 e. The van der Waals surface area contributed by atoms with E-state index >= 15 is 0 Å². The number of para-hydroxylation sites is 2. The fourth-order valence-corrected chi connectivity index (χ4v) is 8.88. The van der Waals surface area contributed by atoms with Crippen molar-refractivity contribution in [2.24, 2.45) is 0 Å². The van der Waals surface area contributed by atoms with Crippen LogP contribution in [0.1, 0.15) is 18.0 Å². The number of aromatic nitrogens is 6. The van der Waals surface area contributed by atoms with Crippen LogP contribution in [0.25, 0.3) is 87.6 Å². The van der Waals surface area contributed by atoms with E-state index in [9.17, 15) is 0 Å². The lowest BCUT2D eigenvalue weighted by Gasteiger charge is -2.15. The van der Waals surface area contributed by atoms with Gasteiger partial charge in [0.25, 0.3) is 0 Å². The molecule has 0 bridgehead atoms. The summed E-state index contributed by atoms with van der Waals surface area (Å²) in [6, 6.07) is 53.2. The van der Waals surface area contributed by atoms with Gasteiger partial charge in [-0.05, 0) is 67.1 Å². The predicted molar refractivity (Wildman–Crippen MR) is 226 cm³/mol. The number of hydrogen-bond donors (Lipinski definition) is 0. The van der Waals surface area contributed by atoms with Gasteiger partial charge in [-0.15, -0.1) is 10.2 Å². The van der Waals surface area contributed by atoms with Crippen LogP contribution in [0.2, 0.25) is 0 Å². The third-order valence-electron chi connectivity index (χ3n) is 10.6. The van der Waals surface area contributed by atoms with E-state index in [0.29, 0.717) is 0 Å². The molecule has 260 valence electrons. The summed E-state index contributed by atoms with van der Waals surface area (Å²) in [5.74, 6) is 2.07. The molecule has 55 heavy (non-hydrogen) atoms. The van der Waals surface area contributed by atoms with Crippen LogP contribution in [0.5, 0.6) is 0 Å². The second-order valence-electron chi connectivity index (χ2n) is 13.9. The Balaban J connectivity index is 0.994. The van der Waals surface area contributed by atoms with Crippen molar-refractivity contribution in [1.29, 1.82) is 0 Å². The Kier molecular flexibility index (Phi) is 7.38. The van der Waals surface area contributed by atoms with E-state index in [1.165, 1.54) is 16.2 Å². The standard InChI is InChI=1S/C48H32N6S/c1-3-13-31(14-4-1)39-19-11-23-45(49-39)53-42-22-10-8-18-36(42)38-29-33(26-28-43(38)53)47-51-52-48(55-47)34-25-27-37-35-17-7-9-21-41(35)54(44(37)30-34)46-24-12-20-40(50-46)32-15-5-2-6-16-32/h1-15,17-30,32H,16H2. The number of hydrogen-bond acceptors (Lipinski definition) is 5. The summed E-state index contributed by atoms with van der Waals surface area (Å²) in [6.45, 7) is 0. The molecule has 5 aromatic heterocycles. The van der Waals surface area contributed by atoms with Crippen molar-refractivity contribution >= 4 is 54.9 Å². The molecule has 1 atom stereocenters. The molecule has 5 aromatic carbocycles. The summed E-state index contributed by atoms with van der Waals surface area (Å²) >= 11 is 1.61. The highest BCUT2D eigenvalue weighted by atomic mass is 32.1. The number of pyridine rings is 2. The number of fused-ring (bicyclic) bond motifs is 6. The maximum atomic E-state index is 5.22. The SMILES string of the molecule is C1=CCC(c2cccc(-n3c4ccccc4c4ccc(-c5nnc(-c6ccc7c(c6)c6ccccc6n7-c6cccc(-c7ccccc7)n6)s5)cc43)n2)C=C1. The summed E-state index contributed by atoms with van der Waals surface area (Å²) in [4.78, 5) is 10.3. The highest BCUT2D eigenvalue weighted by molar-refractivity contribution is 7.17. The molecule has 5 heterocycles. The molecule has 1 aliphatic carbocycles. The summed E-state index contributed by atoms with van der Waals surface area (Å²) in [5, 5.41) is 15.9. The number of allylic oxidation sites excluding steroid dienone is 4. The third-order valence-corrected chi connectivity index (χ3v) is 11.7. The summed E-state index contributed by atoms with van der Waals surface area (Å²) in [6.07, 6.45) is 9.63. The molecule has 10 aromatic rings. The first kappa shape index (κ1) is 31.6. The normalized spacial score (nSPS) is 14.1. The largest absolute Gasteiger partial charge is 0.294 e. The van der Waals surface area contributed by atoms with Crippen molar-refractivity contribution in [3.05, 3.63) is 182 Å². The lowest BCUT2D eigenvalue weighted by molar-refractivity contribution is 0.808. The van der Waals surface area contributed by atoms with Crippen molar-refractivity contribution in [1.82, 2.24) is 29.3 Å². The van der Waals surface area contributed by atoms with Crippen LogP contribution in [-0.4, -0.2) is 29.3 Å². The first-order chi connectivity index (χ1) is 27.3. The number of benzene rings is 5. The first-order valence-electron chi connectivity index (χ1n) is 18.5. The van der Waals surface area contributed by atoms with Crippen LogP contribution < -0.4 is 0 Å².